The number of azo groups is 1. The zero-order valence-corrected chi connectivity index (χ0v) is 15.1. The van der Waals surface area contributed by atoms with E-state index < -0.39 is 5.97 Å². The highest BCUT2D eigenvalue weighted by molar-refractivity contribution is 5.93. The van der Waals surface area contributed by atoms with Gasteiger partial charge in [-0.1, -0.05) is 18.2 Å². The highest BCUT2D eigenvalue weighted by Crippen LogP contribution is 2.39. The van der Waals surface area contributed by atoms with Crippen LogP contribution in [0.3, 0.4) is 0 Å². The van der Waals surface area contributed by atoms with Gasteiger partial charge in [0.2, 0.25) is 0 Å². The van der Waals surface area contributed by atoms with Crippen molar-refractivity contribution in [2.45, 2.75) is 44.6 Å². The number of nitrogens with zero attached hydrogens (tertiary/aromatic N) is 3. The van der Waals surface area contributed by atoms with Gasteiger partial charge in [-0.25, -0.2) is 4.79 Å². The van der Waals surface area contributed by atoms with Gasteiger partial charge in [-0.3, -0.25) is 5.10 Å². The molecule has 0 aliphatic heterocycles. The Labute approximate surface area is 152 Å². The number of benzene rings is 1. The van der Waals surface area contributed by atoms with Crippen LogP contribution in [-0.2, 0) is 9.47 Å². The lowest BCUT2D eigenvalue weighted by Gasteiger charge is -2.26. The maximum absolute atomic E-state index is 12.2. The first-order chi connectivity index (χ1) is 12.7. The average Bonchev–Trinajstić information content (AvgIpc) is 3.11. The van der Waals surface area contributed by atoms with Crippen LogP contribution < -0.4 is 0 Å². The van der Waals surface area contributed by atoms with Gasteiger partial charge in [0.25, 0.3) is 0 Å². The fourth-order valence-electron chi connectivity index (χ4n) is 3.27. The Morgan fingerprint density at radius 2 is 1.92 bits per heavy atom. The molecule has 0 amide bonds. The number of esters is 1. The molecule has 26 heavy (non-hydrogen) atoms. The van der Waals surface area contributed by atoms with Gasteiger partial charge < -0.3 is 9.47 Å². The third-order valence-electron chi connectivity index (χ3n) is 4.67. The molecule has 1 heterocycles. The number of ether oxygens (including phenoxy) is 2. The number of carbonyl (C=O) groups excluding carboxylic acids is 1. The lowest BCUT2D eigenvalue weighted by Crippen LogP contribution is -2.19. The standard InChI is InChI=1S/C19H24N4O3/c1-3-26-19(24)18-17(22-20-14-7-5-4-6-8-14)16(21-23-18)13-9-11-15(25-2)12-10-13/h4-8,13,15H,3,9-12H2,1-2H3,(H,21,23)/b22-20+. The molecule has 3 rings (SSSR count). The van der Waals surface area contributed by atoms with Crippen molar-refractivity contribution < 1.29 is 14.3 Å². The summed E-state index contributed by atoms with van der Waals surface area (Å²) in [4.78, 5) is 12.2. The molecule has 138 valence electrons. The normalized spacial score (nSPS) is 20.4. The molecule has 0 radical (unpaired) electrons. The number of hydrogen-bond donors (Lipinski definition) is 1. The van der Waals surface area contributed by atoms with Crippen molar-refractivity contribution in [1.29, 1.82) is 0 Å². The number of carbonyl (C=O) groups is 1. The first-order valence-corrected chi connectivity index (χ1v) is 8.97. The highest BCUT2D eigenvalue weighted by atomic mass is 16.5. The van der Waals surface area contributed by atoms with E-state index >= 15 is 0 Å². The van der Waals surface area contributed by atoms with Gasteiger partial charge in [0.1, 0.15) is 5.69 Å². The molecule has 0 atom stereocenters. The fourth-order valence-corrected chi connectivity index (χ4v) is 3.27. The molecule has 1 saturated carbocycles. The van der Waals surface area contributed by atoms with Crippen LogP contribution in [0.4, 0.5) is 11.4 Å². The fraction of sp³-hybridized carbons (Fsp3) is 0.474. The van der Waals surface area contributed by atoms with E-state index in [0.29, 0.717) is 11.8 Å². The molecule has 1 aliphatic rings. The third-order valence-corrected chi connectivity index (χ3v) is 4.67. The zero-order chi connectivity index (χ0) is 18.4. The Morgan fingerprint density at radius 3 is 2.58 bits per heavy atom. The minimum Gasteiger partial charge on any atom is -0.461 e. The number of H-pyrrole nitrogens is 1. The van der Waals surface area contributed by atoms with Crippen molar-refractivity contribution >= 4 is 17.3 Å². The second-order valence-electron chi connectivity index (χ2n) is 6.30. The van der Waals surface area contributed by atoms with Crippen LogP contribution in [0.15, 0.2) is 40.6 Å². The van der Waals surface area contributed by atoms with Gasteiger partial charge in [0, 0.05) is 13.0 Å². The van der Waals surface area contributed by atoms with Crippen molar-refractivity contribution in [2.75, 3.05) is 13.7 Å². The van der Waals surface area contributed by atoms with Crippen molar-refractivity contribution in [3.05, 3.63) is 41.7 Å². The molecular weight excluding hydrogens is 332 g/mol. The molecule has 7 heteroatoms. The molecule has 1 fully saturated rings. The van der Waals surface area contributed by atoms with Crippen molar-refractivity contribution in [3.63, 3.8) is 0 Å². The molecule has 1 aliphatic carbocycles. The van der Waals surface area contributed by atoms with Gasteiger partial charge >= 0.3 is 5.97 Å². The van der Waals surface area contributed by atoms with E-state index in [9.17, 15) is 4.79 Å². The summed E-state index contributed by atoms with van der Waals surface area (Å²) in [6, 6.07) is 9.42. The molecule has 2 aromatic rings. The number of hydrogen-bond acceptors (Lipinski definition) is 6. The Kier molecular flexibility index (Phi) is 6.12. The second-order valence-corrected chi connectivity index (χ2v) is 6.30. The molecule has 1 N–H and O–H groups in total. The Morgan fingerprint density at radius 1 is 1.19 bits per heavy atom. The summed E-state index contributed by atoms with van der Waals surface area (Å²) in [7, 11) is 1.75. The lowest BCUT2D eigenvalue weighted by molar-refractivity contribution is 0.0520. The first-order valence-electron chi connectivity index (χ1n) is 8.97. The molecule has 7 nitrogen and oxygen atoms in total. The van der Waals surface area contributed by atoms with E-state index in [2.05, 4.69) is 20.4 Å². The molecule has 1 aromatic heterocycles. The van der Waals surface area contributed by atoms with Gasteiger partial charge in [0.05, 0.1) is 24.1 Å². The maximum Gasteiger partial charge on any atom is 0.361 e. The predicted octanol–water partition coefficient (Wildman–Crippen LogP) is 4.67. The summed E-state index contributed by atoms with van der Waals surface area (Å²) >= 11 is 0. The largest absolute Gasteiger partial charge is 0.461 e. The van der Waals surface area contributed by atoms with Crippen molar-refractivity contribution in [2.24, 2.45) is 10.2 Å². The lowest BCUT2D eigenvalue weighted by atomic mass is 9.84. The van der Waals surface area contributed by atoms with Crippen LogP contribution in [0.1, 0.15) is 54.7 Å². The third kappa shape index (κ3) is 4.16. The van der Waals surface area contributed by atoms with Crippen LogP contribution in [-0.4, -0.2) is 36.0 Å². The summed E-state index contributed by atoms with van der Waals surface area (Å²) in [6.45, 7) is 2.05. The van der Waals surface area contributed by atoms with E-state index in [4.69, 9.17) is 9.47 Å². The Bertz CT molecular complexity index is 749. The van der Waals surface area contributed by atoms with Gasteiger partial charge in [-0.2, -0.15) is 10.2 Å². The molecule has 0 bridgehead atoms. The Hall–Kier alpha value is -2.54. The van der Waals surface area contributed by atoms with E-state index in [1.807, 2.05) is 30.3 Å². The topological polar surface area (TPSA) is 88.9 Å². The van der Waals surface area contributed by atoms with Gasteiger partial charge in [-0.05, 0) is 44.7 Å². The highest BCUT2D eigenvalue weighted by Gasteiger charge is 2.29. The van der Waals surface area contributed by atoms with Crippen molar-refractivity contribution in [3.8, 4) is 0 Å². The minimum absolute atomic E-state index is 0.190. The van der Waals surface area contributed by atoms with Gasteiger partial charge in [-0.15, -0.1) is 5.11 Å². The van der Waals surface area contributed by atoms with Crippen LogP contribution in [0, 0.1) is 0 Å². The molecule has 0 saturated heterocycles. The number of methoxy groups -OCH3 is 1. The average molecular weight is 356 g/mol. The van der Waals surface area contributed by atoms with Gasteiger partial charge in [0.15, 0.2) is 5.69 Å². The summed E-state index contributed by atoms with van der Waals surface area (Å²) in [6.07, 6.45) is 4.16. The summed E-state index contributed by atoms with van der Waals surface area (Å²) in [5, 5.41) is 15.8. The SMILES string of the molecule is CCOC(=O)c1n[nH]c(C2CCC(OC)CC2)c1/N=N/c1ccccc1. The number of nitrogens with one attached hydrogen (secondary N) is 1. The smallest absolute Gasteiger partial charge is 0.361 e. The predicted molar refractivity (Wildman–Crippen MR) is 97.2 cm³/mol. The van der Waals surface area contributed by atoms with E-state index in [1.54, 1.807) is 14.0 Å². The van der Waals surface area contributed by atoms with E-state index in [1.165, 1.54) is 0 Å². The molecule has 1 aromatic carbocycles. The first kappa shape index (κ1) is 18.3. The number of aromatic nitrogens is 2. The maximum atomic E-state index is 12.2. The number of aromatic amines is 1. The summed E-state index contributed by atoms with van der Waals surface area (Å²) in [5.74, 6) is -0.232. The minimum atomic E-state index is -0.484. The monoisotopic (exact) mass is 356 g/mol. The summed E-state index contributed by atoms with van der Waals surface area (Å²) in [5.41, 5.74) is 2.24. The van der Waals surface area contributed by atoms with Crippen LogP contribution in [0.2, 0.25) is 0 Å². The molecule has 0 spiro atoms. The summed E-state index contributed by atoms with van der Waals surface area (Å²) < 4.78 is 10.6. The molecule has 0 unspecified atom stereocenters. The van der Waals surface area contributed by atoms with Crippen LogP contribution in [0.25, 0.3) is 0 Å². The number of rotatable bonds is 6. The second kappa shape index (κ2) is 8.71. The van der Waals surface area contributed by atoms with E-state index in [0.717, 1.165) is 37.1 Å². The zero-order valence-electron chi connectivity index (χ0n) is 15.1. The van der Waals surface area contributed by atoms with Crippen LogP contribution in [0.5, 0.6) is 0 Å². The quantitative estimate of drug-likeness (QED) is 0.601. The van der Waals surface area contributed by atoms with Crippen molar-refractivity contribution in [1.82, 2.24) is 10.2 Å². The van der Waals surface area contributed by atoms with E-state index in [-0.39, 0.29) is 18.2 Å². The van der Waals surface area contributed by atoms with Crippen LogP contribution >= 0.6 is 0 Å². The molecular formula is C19H24N4O3. The Balaban J connectivity index is 1.89.